The van der Waals surface area contributed by atoms with Crippen molar-refractivity contribution < 1.29 is 14.3 Å². The van der Waals surface area contributed by atoms with Crippen molar-refractivity contribution in [2.75, 3.05) is 6.54 Å². The molecule has 0 bridgehead atoms. The van der Waals surface area contributed by atoms with Crippen molar-refractivity contribution in [1.29, 1.82) is 0 Å². The summed E-state index contributed by atoms with van der Waals surface area (Å²) >= 11 is 0. The van der Waals surface area contributed by atoms with Crippen LogP contribution in [0.5, 0.6) is 0 Å². The SMILES string of the molecule is NC(=O)[C@@H]1CC[C@@H](CNC(=O)c2nc(-c3ccccc3)n3c2CCCCC3)O1. The molecule has 1 fully saturated rings. The number of hydrogen-bond acceptors (Lipinski definition) is 4. The first-order valence-electron chi connectivity index (χ1n) is 10.0. The van der Waals surface area contributed by atoms with Crippen LogP contribution in [0, 0.1) is 0 Å². The molecule has 148 valence electrons. The van der Waals surface area contributed by atoms with Crippen LogP contribution in [-0.4, -0.2) is 40.1 Å². The molecule has 7 nitrogen and oxygen atoms in total. The maximum absolute atomic E-state index is 12.9. The first kappa shape index (κ1) is 18.7. The minimum absolute atomic E-state index is 0.182. The van der Waals surface area contributed by atoms with E-state index in [1.54, 1.807) is 0 Å². The van der Waals surface area contributed by atoms with E-state index in [1.165, 1.54) is 0 Å². The van der Waals surface area contributed by atoms with Gasteiger partial charge < -0.3 is 20.4 Å². The van der Waals surface area contributed by atoms with Crippen LogP contribution in [0.15, 0.2) is 30.3 Å². The number of benzene rings is 1. The molecule has 2 amide bonds. The van der Waals surface area contributed by atoms with Crippen LogP contribution < -0.4 is 11.1 Å². The third kappa shape index (κ3) is 3.80. The van der Waals surface area contributed by atoms with Gasteiger partial charge in [0.1, 0.15) is 17.6 Å². The molecule has 2 aliphatic heterocycles. The first-order valence-corrected chi connectivity index (χ1v) is 10.0. The quantitative estimate of drug-likeness (QED) is 0.826. The minimum atomic E-state index is -0.546. The zero-order valence-electron chi connectivity index (χ0n) is 15.9. The molecule has 3 N–H and O–H groups in total. The largest absolute Gasteiger partial charge is 0.367 e. The number of ether oxygens (including phenoxy) is 1. The Morgan fingerprint density at radius 3 is 2.75 bits per heavy atom. The molecule has 0 saturated carbocycles. The second-order valence-electron chi connectivity index (χ2n) is 7.50. The van der Waals surface area contributed by atoms with Gasteiger partial charge in [0, 0.05) is 18.7 Å². The van der Waals surface area contributed by atoms with E-state index in [1.807, 2.05) is 30.3 Å². The third-order valence-corrected chi connectivity index (χ3v) is 5.53. The Hall–Kier alpha value is -2.67. The van der Waals surface area contributed by atoms with Gasteiger partial charge in [0.15, 0.2) is 0 Å². The summed E-state index contributed by atoms with van der Waals surface area (Å²) in [5.41, 5.74) is 7.83. The van der Waals surface area contributed by atoms with E-state index >= 15 is 0 Å². The highest BCUT2D eigenvalue weighted by atomic mass is 16.5. The van der Waals surface area contributed by atoms with Crippen LogP contribution in [0.4, 0.5) is 0 Å². The number of nitrogens with zero attached hydrogens (tertiary/aromatic N) is 2. The molecule has 0 radical (unpaired) electrons. The van der Waals surface area contributed by atoms with E-state index in [9.17, 15) is 9.59 Å². The Labute approximate surface area is 164 Å². The van der Waals surface area contributed by atoms with Gasteiger partial charge in [-0.15, -0.1) is 0 Å². The molecule has 3 heterocycles. The lowest BCUT2D eigenvalue weighted by Gasteiger charge is -2.12. The van der Waals surface area contributed by atoms with Gasteiger partial charge in [0.05, 0.1) is 11.8 Å². The molecule has 0 aliphatic carbocycles. The predicted octanol–water partition coefficient (Wildman–Crippen LogP) is 2.04. The average molecular weight is 382 g/mol. The predicted molar refractivity (Wildman–Crippen MR) is 105 cm³/mol. The normalized spacial score (nSPS) is 21.7. The van der Waals surface area contributed by atoms with Gasteiger partial charge in [-0.05, 0) is 32.1 Å². The zero-order valence-corrected chi connectivity index (χ0v) is 15.9. The number of carbonyl (C=O) groups excluding carboxylic acids is 2. The second-order valence-corrected chi connectivity index (χ2v) is 7.50. The number of aromatic nitrogens is 2. The summed E-state index contributed by atoms with van der Waals surface area (Å²) < 4.78 is 7.80. The molecule has 28 heavy (non-hydrogen) atoms. The van der Waals surface area contributed by atoms with Crippen molar-refractivity contribution in [1.82, 2.24) is 14.9 Å². The van der Waals surface area contributed by atoms with Crippen molar-refractivity contribution in [3.05, 3.63) is 41.7 Å². The van der Waals surface area contributed by atoms with E-state index in [0.717, 1.165) is 49.3 Å². The highest BCUT2D eigenvalue weighted by Crippen LogP contribution is 2.27. The van der Waals surface area contributed by atoms with Crippen molar-refractivity contribution in [3.8, 4) is 11.4 Å². The van der Waals surface area contributed by atoms with Crippen molar-refractivity contribution in [2.24, 2.45) is 5.73 Å². The third-order valence-electron chi connectivity index (χ3n) is 5.53. The molecule has 2 aliphatic rings. The van der Waals surface area contributed by atoms with Crippen LogP contribution >= 0.6 is 0 Å². The van der Waals surface area contributed by atoms with Crippen molar-refractivity contribution in [2.45, 2.75) is 57.3 Å². The highest BCUT2D eigenvalue weighted by Gasteiger charge is 2.30. The molecule has 4 rings (SSSR count). The molecule has 7 heteroatoms. The molecule has 2 atom stereocenters. The number of rotatable bonds is 5. The first-order chi connectivity index (χ1) is 13.6. The average Bonchev–Trinajstić information content (AvgIpc) is 3.25. The van der Waals surface area contributed by atoms with E-state index < -0.39 is 12.0 Å². The fourth-order valence-corrected chi connectivity index (χ4v) is 4.06. The lowest BCUT2D eigenvalue weighted by Crippen LogP contribution is -2.35. The summed E-state index contributed by atoms with van der Waals surface area (Å²) in [5, 5.41) is 2.94. The smallest absolute Gasteiger partial charge is 0.271 e. The number of amides is 2. The number of hydrogen-bond donors (Lipinski definition) is 2. The Kier molecular flexibility index (Phi) is 5.43. The van der Waals surface area contributed by atoms with E-state index in [4.69, 9.17) is 15.5 Å². The summed E-state index contributed by atoms with van der Waals surface area (Å²) in [4.78, 5) is 28.9. The summed E-state index contributed by atoms with van der Waals surface area (Å²) in [5.74, 6) is 0.230. The standard InChI is InChI=1S/C21H26N4O3/c22-19(26)17-11-10-15(28-17)13-23-21(27)18-16-9-5-2-6-12-25(16)20(24-18)14-7-3-1-4-8-14/h1,3-4,7-8,15,17H,2,5-6,9-13H2,(H2,22,26)(H,23,27)/t15-,17-/m0/s1. The zero-order chi connectivity index (χ0) is 19.5. The summed E-state index contributed by atoms with van der Waals surface area (Å²) in [6.45, 7) is 1.24. The summed E-state index contributed by atoms with van der Waals surface area (Å²) in [6.07, 6.45) is 4.75. The lowest BCUT2D eigenvalue weighted by molar-refractivity contribution is -0.128. The number of nitrogens with one attached hydrogen (secondary N) is 1. The Bertz CT molecular complexity index is 862. The van der Waals surface area contributed by atoms with Gasteiger partial charge in [-0.2, -0.15) is 0 Å². The molecule has 1 saturated heterocycles. The highest BCUT2D eigenvalue weighted by molar-refractivity contribution is 5.94. The van der Waals surface area contributed by atoms with Crippen molar-refractivity contribution >= 4 is 11.8 Å². The van der Waals surface area contributed by atoms with Crippen molar-refractivity contribution in [3.63, 3.8) is 0 Å². The molecule has 0 unspecified atom stereocenters. The van der Waals surface area contributed by atoms with Crippen LogP contribution in [0.1, 0.15) is 48.3 Å². The molecule has 1 aromatic carbocycles. The number of fused-ring (bicyclic) bond motifs is 1. The molecule has 1 aromatic heterocycles. The van der Waals surface area contributed by atoms with Gasteiger partial charge in [-0.3, -0.25) is 9.59 Å². The van der Waals surface area contributed by atoms with Crippen LogP contribution in [-0.2, 0) is 22.5 Å². The molecule has 2 aromatic rings. The van der Waals surface area contributed by atoms with Gasteiger partial charge in [-0.1, -0.05) is 36.8 Å². The topological polar surface area (TPSA) is 99.2 Å². The summed E-state index contributed by atoms with van der Waals surface area (Å²) in [7, 11) is 0. The van der Waals surface area contributed by atoms with E-state index in [0.29, 0.717) is 25.1 Å². The second kappa shape index (κ2) is 8.14. The van der Waals surface area contributed by atoms with Crippen LogP contribution in [0.3, 0.4) is 0 Å². The van der Waals surface area contributed by atoms with Gasteiger partial charge in [0.25, 0.3) is 5.91 Å². The minimum Gasteiger partial charge on any atom is -0.367 e. The lowest BCUT2D eigenvalue weighted by atomic mass is 10.1. The van der Waals surface area contributed by atoms with Gasteiger partial charge in [0.2, 0.25) is 5.91 Å². The number of primary amides is 1. The monoisotopic (exact) mass is 382 g/mol. The van der Waals surface area contributed by atoms with Crippen LogP contribution in [0.2, 0.25) is 0 Å². The van der Waals surface area contributed by atoms with Gasteiger partial charge >= 0.3 is 0 Å². The summed E-state index contributed by atoms with van der Waals surface area (Å²) in [6, 6.07) is 10.0. The molecular formula is C21H26N4O3. The molecule has 0 spiro atoms. The number of carbonyl (C=O) groups is 2. The maximum Gasteiger partial charge on any atom is 0.271 e. The fraction of sp³-hybridized carbons (Fsp3) is 0.476. The van der Waals surface area contributed by atoms with E-state index in [-0.39, 0.29) is 12.0 Å². The van der Waals surface area contributed by atoms with Crippen LogP contribution in [0.25, 0.3) is 11.4 Å². The van der Waals surface area contributed by atoms with Gasteiger partial charge in [-0.25, -0.2) is 4.98 Å². The Morgan fingerprint density at radius 1 is 1.18 bits per heavy atom. The van der Waals surface area contributed by atoms with E-state index in [2.05, 4.69) is 9.88 Å². The Balaban J connectivity index is 1.53. The number of nitrogens with two attached hydrogens (primary N) is 1. The Morgan fingerprint density at radius 2 is 2.00 bits per heavy atom. The maximum atomic E-state index is 12.9. The number of imidazole rings is 1. The molecular weight excluding hydrogens is 356 g/mol. The fourth-order valence-electron chi connectivity index (χ4n) is 4.06.